The molecule has 168 valence electrons. The van der Waals surface area contributed by atoms with Gasteiger partial charge in [-0.3, -0.25) is 9.69 Å². The molecule has 0 saturated carbocycles. The fourth-order valence-electron chi connectivity index (χ4n) is 3.93. The number of carbonyl (C=O) groups excluding carboxylic acids is 1. The van der Waals surface area contributed by atoms with Gasteiger partial charge in [-0.2, -0.15) is 4.98 Å². The first kappa shape index (κ1) is 22.0. The molecule has 0 aliphatic carbocycles. The zero-order valence-corrected chi connectivity index (χ0v) is 18.9. The topological polar surface area (TPSA) is 80.5 Å². The number of para-hydroxylation sites is 2. The quantitative estimate of drug-likeness (QED) is 0.581. The molecule has 4 rings (SSSR count). The average molecular weight is 435 g/mol. The van der Waals surface area contributed by atoms with Gasteiger partial charge in [0.15, 0.2) is 0 Å². The van der Waals surface area contributed by atoms with Crippen LogP contribution in [0.25, 0.3) is 11.4 Å². The van der Waals surface area contributed by atoms with Crippen LogP contribution in [0.2, 0.25) is 0 Å². The zero-order valence-electron chi connectivity index (χ0n) is 18.9. The van der Waals surface area contributed by atoms with Crippen molar-refractivity contribution < 1.29 is 14.1 Å². The Labute approximate surface area is 188 Å². The summed E-state index contributed by atoms with van der Waals surface area (Å²) in [5, 5.41) is 7.18. The van der Waals surface area contributed by atoms with Crippen molar-refractivity contribution in [2.75, 3.05) is 18.4 Å². The number of hydrogen-bond donors (Lipinski definition) is 1. The Morgan fingerprint density at radius 3 is 2.72 bits per heavy atom. The van der Waals surface area contributed by atoms with Crippen molar-refractivity contribution in [3.05, 3.63) is 60.0 Å². The van der Waals surface area contributed by atoms with E-state index >= 15 is 0 Å². The Balaban J connectivity index is 1.30. The zero-order chi connectivity index (χ0) is 22.5. The number of rotatable bonds is 7. The van der Waals surface area contributed by atoms with E-state index in [1.54, 1.807) is 0 Å². The number of anilines is 1. The molecule has 7 heteroatoms. The van der Waals surface area contributed by atoms with Gasteiger partial charge in [0.25, 0.3) is 0 Å². The van der Waals surface area contributed by atoms with Crippen molar-refractivity contribution in [1.82, 2.24) is 15.0 Å². The Morgan fingerprint density at radius 1 is 1.19 bits per heavy atom. The molecule has 32 heavy (non-hydrogen) atoms. The summed E-state index contributed by atoms with van der Waals surface area (Å²) in [6.07, 6.45) is 1.63. The second kappa shape index (κ2) is 9.96. The lowest BCUT2D eigenvalue weighted by Crippen LogP contribution is -2.37. The fourth-order valence-corrected chi connectivity index (χ4v) is 3.93. The van der Waals surface area contributed by atoms with E-state index in [0.29, 0.717) is 24.0 Å². The molecule has 3 aromatic rings. The normalized spacial score (nSPS) is 15.1. The van der Waals surface area contributed by atoms with Gasteiger partial charge in [0, 0.05) is 11.5 Å². The highest BCUT2D eigenvalue weighted by molar-refractivity contribution is 5.94. The lowest BCUT2D eigenvalue weighted by molar-refractivity contribution is -0.121. The second-order valence-corrected chi connectivity index (χ2v) is 8.58. The molecule has 0 atom stereocenters. The van der Waals surface area contributed by atoms with Crippen LogP contribution in [-0.2, 0) is 11.3 Å². The first-order valence-electron chi connectivity index (χ1n) is 11.2. The average Bonchev–Trinajstić information content (AvgIpc) is 3.24. The maximum atomic E-state index is 12.8. The van der Waals surface area contributed by atoms with Gasteiger partial charge in [-0.1, -0.05) is 41.1 Å². The van der Waals surface area contributed by atoms with Crippen LogP contribution in [0.1, 0.15) is 38.1 Å². The smallest absolute Gasteiger partial charge is 0.241 e. The SMILES string of the molecule is Cc1cccc(-c2noc(CN3CCC(C(=O)Nc4ccccc4OC(C)C)CC3)n2)c1. The van der Waals surface area contributed by atoms with E-state index in [1.165, 1.54) is 0 Å². The van der Waals surface area contributed by atoms with E-state index in [0.717, 1.165) is 42.7 Å². The molecule has 7 nitrogen and oxygen atoms in total. The van der Waals surface area contributed by atoms with Crippen LogP contribution < -0.4 is 10.1 Å². The highest BCUT2D eigenvalue weighted by Gasteiger charge is 2.26. The van der Waals surface area contributed by atoms with Crippen molar-refractivity contribution in [3.8, 4) is 17.1 Å². The summed E-state index contributed by atoms with van der Waals surface area (Å²) in [5.41, 5.74) is 2.84. The van der Waals surface area contributed by atoms with E-state index in [9.17, 15) is 4.79 Å². The molecule has 1 aromatic heterocycles. The lowest BCUT2D eigenvalue weighted by atomic mass is 9.96. The third-order valence-electron chi connectivity index (χ3n) is 5.57. The number of nitrogens with zero attached hydrogens (tertiary/aromatic N) is 3. The number of piperidine rings is 1. The first-order chi connectivity index (χ1) is 15.5. The summed E-state index contributed by atoms with van der Waals surface area (Å²) in [7, 11) is 0. The molecule has 0 unspecified atom stereocenters. The van der Waals surface area contributed by atoms with Crippen LogP contribution in [-0.4, -0.2) is 40.1 Å². The van der Waals surface area contributed by atoms with Gasteiger partial charge in [0.1, 0.15) is 5.75 Å². The van der Waals surface area contributed by atoms with Gasteiger partial charge >= 0.3 is 0 Å². The summed E-state index contributed by atoms with van der Waals surface area (Å²) in [5.74, 6) is 1.94. The number of nitrogens with one attached hydrogen (secondary N) is 1. The van der Waals surface area contributed by atoms with Gasteiger partial charge < -0.3 is 14.6 Å². The molecule has 1 fully saturated rings. The first-order valence-corrected chi connectivity index (χ1v) is 11.2. The molecule has 1 saturated heterocycles. The monoisotopic (exact) mass is 434 g/mol. The lowest BCUT2D eigenvalue weighted by Gasteiger charge is -2.30. The third kappa shape index (κ3) is 5.53. The molecule has 1 aliphatic rings. The molecule has 0 radical (unpaired) electrons. The van der Waals surface area contributed by atoms with Crippen LogP contribution >= 0.6 is 0 Å². The van der Waals surface area contributed by atoms with Gasteiger partial charge in [-0.25, -0.2) is 0 Å². The van der Waals surface area contributed by atoms with Crippen molar-refractivity contribution >= 4 is 11.6 Å². The molecular weight excluding hydrogens is 404 g/mol. The minimum absolute atomic E-state index is 0.0242. The molecular formula is C25H30N4O3. The van der Waals surface area contributed by atoms with Crippen LogP contribution in [0, 0.1) is 12.8 Å². The second-order valence-electron chi connectivity index (χ2n) is 8.58. The van der Waals surface area contributed by atoms with Crippen molar-refractivity contribution in [3.63, 3.8) is 0 Å². The maximum absolute atomic E-state index is 12.8. The summed E-state index contributed by atoms with van der Waals surface area (Å²) in [6, 6.07) is 15.6. The standard InChI is InChI=1S/C25H30N4O3/c1-17(2)31-22-10-5-4-9-21(22)26-25(30)19-11-13-29(14-12-19)16-23-27-24(28-32-23)20-8-6-7-18(3)15-20/h4-10,15,17,19H,11-14,16H2,1-3H3,(H,26,30). The number of amides is 1. The molecule has 2 heterocycles. The minimum atomic E-state index is -0.0242. The van der Waals surface area contributed by atoms with E-state index < -0.39 is 0 Å². The molecule has 1 N–H and O–H groups in total. The largest absolute Gasteiger partial charge is 0.489 e. The number of ether oxygens (including phenoxy) is 1. The van der Waals surface area contributed by atoms with Crippen LogP contribution in [0.15, 0.2) is 53.1 Å². The van der Waals surface area contributed by atoms with E-state index in [-0.39, 0.29) is 17.9 Å². The maximum Gasteiger partial charge on any atom is 0.241 e. The Hall–Kier alpha value is -3.19. The Kier molecular flexibility index (Phi) is 6.85. The van der Waals surface area contributed by atoms with E-state index in [2.05, 4.69) is 20.4 Å². The van der Waals surface area contributed by atoms with Gasteiger partial charge in [-0.15, -0.1) is 0 Å². The van der Waals surface area contributed by atoms with Gasteiger partial charge in [0.05, 0.1) is 18.3 Å². The number of hydrogen-bond acceptors (Lipinski definition) is 6. The molecule has 1 amide bonds. The van der Waals surface area contributed by atoms with Crippen molar-refractivity contribution in [1.29, 1.82) is 0 Å². The molecule has 0 spiro atoms. The Morgan fingerprint density at radius 2 is 1.97 bits per heavy atom. The summed E-state index contributed by atoms with van der Waals surface area (Å²) in [4.78, 5) is 19.6. The third-order valence-corrected chi connectivity index (χ3v) is 5.57. The number of aromatic nitrogens is 2. The van der Waals surface area contributed by atoms with Crippen LogP contribution in [0.3, 0.4) is 0 Å². The van der Waals surface area contributed by atoms with Gasteiger partial charge in [0.2, 0.25) is 17.6 Å². The fraction of sp³-hybridized carbons (Fsp3) is 0.400. The predicted octanol–water partition coefficient (Wildman–Crippen LogP) is 4.68. The summed E-state index contributed by atoms with van der Waals surface area (Å²) < 4.78 is 11.3. The highest BCUT2D eigenvalue weighted by Crippen LogP contribution is 2.27. The number of aryl methyl sites for hydroxylation is 1. The predicted molar refractivity (Wildman–Crippen MR) is 123 cm³/mol. The van der Waals surface area contributed by atoms with Crippen molar-refractivity contribution in [2.45, 2.75) is 46.3 Å². The summed E-state index contributed by atoms with van der Waals surface area (Å²) in [6.45, 7) is 8.21. The summed E-state index contributed by atoms with van der Waals surface area (Å²) >= 11 is 0. The van der Waals surface area contributed by atoms with Crippen molar-refractivity contribution in [2.24, 2.45) is 5.92 Å². The minimum Gasteiger partial charge on any atom is -0.489 e. The highest BCUT2D eigenvalue weighted by atomic mass is 16.5. The molecule has 1 aliphatic heterocycles. The number of carbonyl (C=O) groups is 1. The Bertz CT molecular complexity index is 1050. The van der Waals surface area contributed by atoms with Crippen LogP contribution in [0.5, 0.6) is 5.75 Å². The number of benzene rings is 2. The van der Waals surface area contributed by atoms with E-state index in [1.807, 2.05) is 69.3 Å². The number of likely N-dealkylation sites (tertiary alicyclic amines) is 1. The van der Waals surface area contributed by atoms with Crippen LogP contribution in [0.4, 0.5) is 5.69 Å². The molecule has 2 aromatic carbocycles. The molecule has 0 bridgehead atoms. The van der Waals surface area contributed by atoms with Gasteiger partial charge in [-0.05, 0) is 64.9 Å². The van der Waals surface area contributed by atoms with E-state index in [4.69, 9.17) is 9.26 Å².